The summed E-state index contributed by atoms with van der Waals surface area (Å²) in [6, 6.07) is 10.7. The quantitative estimate of drug-likeness (QED) is 0.598. The molecule has 0 fully saturated rings. The predicted molar refractivity (Wildman–Crippen MR) is 83.1 cm³/mol. The van der Waals surface area contributed by atoms with Gasteiger partial charge in [0.1, 0.15) is 0 Å². The van der Waals surface area contributed by atoms with Crippen LogP contribution in [0.4, 0.5) is 11.4 Å². The molecule has 5 heteroatoms. The Kier molecular flexibility index (Phi) is 4.27. The molecule has 0 saturated carbocycles. The van der Waals surface area contributed by atoms with Crippen molar-refractivity contribution in [2.75, 3.05) is 10.7 Å². The van der Waals surface area contributed by atoms with Crippen LogP contribution in [-0.4, -0.2) is 5.91 Å². The Morgan fingerprint density at radius 2 is 1.75 bits per heavy atom. The summed E-state index contributed by atoms with van der Waals surface area (Å²) in [5.41, 5.74) is 6.39. The zero-order valence-electron chi connectivity index (χ0n) is 11.3. The van der Waals surface area contributed by atoms with E-state index in [9.17, 15) is 4.79 Å². The van der Waals surface area contributed by atoms with Crippen molar-refractivity contribution in [1.29, 1.82) is 0 Å². The predicted octanol–water partition coefficient (Wildman–Crippen LogP) is 3.49. The average Bonchev–Trinajstić information content (AvgIpc) is 2.42. The molecule has 1 amide bonds. The van der Waals surface area contributed by atoms with Crippen molar-refractivity contribution in [2.24, 2.45) is 5.84 Å². The second-order valence-electron chi connectivity index (χ2n) is 4.59. The molecule has 4 N–H and O–H groups in total. The zero-order valence-corrected chi connectivity index (χ0v) is 12.1. The lowest BCUT2D eigenvalue weighted by Gasteiger charge is -2.10. The van der Waals surface area contributed by atoms with E-state index < -0.39 is 0 Å². The zero-order chi connectivity index (χ0) is 14.7. The van der Waals surface area contributed by atoms with Crippen LogP contribution >= 0.6 is 11.6 Å². The molecule has 0 aliphatic rings. The normalized spacial score (nSPS) is 10.2. The minimum Gasteiger partial charge on any atom is -0.324 e. The highest BCUT2D eigenvalue weighted by Crippen LogP contribution is 2.21. The van der Waals surface area contributed by atoms with Crippen LogP contribution in [0.1, 0.15) is 21.5 Å². The van der Waals surface area contributed by atoms with Crippen LogP contribution in [0.5, 0.6) is 0 Å². The van der Waals surface area contributed by atoms with Crippen LogP contribution in [0.15, 0.2) is 36.4 Å². The Morgan fingerprint density at radius 1 is 1.05 bits per heavy atom. The number of carbonyl (C=O) groups is 1. The Bertz CT molecular complexity index is 656. The molecule has 0 aliphatic carbocycles. The third-order valence-electron chi connectivity index (χ3n) is 3.07. The maximum absolute atomic E-state index is 12.2. The lowest BCUT2D eigenvalue weighted by Crippen LogP contribution is -2.14. The molecular formula is C15H16ClN3O. The van der Waals surface area contributed by atoms with Crippen LogP contribution in [0, 0.1) is 13.8 Å². The summed E-state index contributed by atoms with van der Waals surface area (Å²) >= 11 is 6.04. The molecule has 0 saturated heterocycles. The molecule has 0 aliphatic heterocycles. The van der Waals surface area contributed by atoms with Gasteiger partial charge >= 0.3 is 0 Å². The number of nitrogen functional groups attached to an aromatic ring is 1. The highest BCUT2D eigenvalue weighted by molar-refractivity contribution is 6.31. The van der Waals surface area contributed by atoms with Gasteiger partial charge in [-0.2, -0.15) is 0 Å². The SMILES string of the molecule is Cc1ccc(NC(=O)c2ccc(NN)cc2C)cc1Cl. The summed E-state index contributed by atoms with van der Waals surface area (Å²) in [6.07, 6.45) is 0. The van der Waals surface area contributed by atoms with E-state index in [1.807, 2.05) is 32.0 Å². The highest BCUT2D eigenvalue weighted by Gasteiger charge is 2.10. The fraction of sp³-hybridized carbons (Fsp3) is 0.133. The summed E-state index contributed by atoms with van der Waals surface area (Å²) < 4.78 is 0. The van der Waals surface area contributed by atoms with E-state index in [1.54, 1.807) is 18.2 Å². The van der Waals surface area contributed by atoms with E-state index in [2.05, 4.69) is 10.7 Å². The molecule has 2 aromatic carbocycles. The van der Waals surface area contributed by atoms with Crippen molar-refractivity contribution in [3.8, 4) is 0 Å². The van der Waals surface area contributed by atoms with Crippen LogP contribution in [-0.2, 0) is 0 Å². The van der Waals surface area contributed by atoms with Crippen LogP contribution in [0.25, 0.3) is 0 Å². The van der Waals surface area contributed by atoms with Crippen LogP contribution in [0.3, 0.4) is 0 Å². The monoisotopic (exact) mass is 289 g/mol. The van der Waals surface area contributed by atoms with Crippen molar-refractivity contribution in [2.45, 2.75) is 13.8 Å². The van der Waals surface area contributed by atoms with Gasteiger partial charge in [0.2, 0.25) is 0 Å². The van der Waals surface area contributed by atoms with Crippen molar-refractivity contribution < 1.29 is 4.79 Å². The van der Waals surface area contributed by atoms with Gasteiger partial charge in [0, 0.05) is 22.0 Å². The topological polar surface area (TPSA) is 67.2 Å². The van der Waals surface area contributed by atoms with Gasteiger partial charge < -0.3 is 10.7 Å². The molecule has 2 aromatic rings. The van der Waals surface area contributed by atoms with Gasteiger partial charge in [0.05, 0.1) is 0 Å². The Labute approximate surface area is 122 Å². The smallest absolute Gasteiger partial charge is 0.255 e. The first-order valence-corrected chi connectivity index (χ1v) is 6.54. The van der Waals surface area contributed by atoms with E-state index in [1.165, 1.54) is 0 Å². The highest BCUT2D eigenvalue weighted by atomic mass is 35.5. The average molecular weight is 290 g/mol. The molecule has 4 nitrogen and oxygen atoms in total. The van der Waals surface area contributed by atoms with E-state index in [4.69, 9.17) is 17.4 Å². The Balaban J connectivity index is 2.21. The number of hydrazine groups is 1. The number of amides is 1. The lowest BCUT2D eigenvalue weighted by molar-refractivity contribution is 0.102. The third kappa shape index (κ3) is 3.10. The number of anilines is 2. The number of nitrogens with one attached hydrogen (secondary N) is 2. The number of nitrogens with two attached hydrogens (primary N) is 1. The maximum atomic E-state index is 12.2. The second kappa shape index (κ2) is 5.94. The summed E-state index contributed by atoms with van der Waals surface area (Å²) in [5.74, 6) is 5.16. The number of hydrogen-bond acceptors (Lipinski definition) is 3. The molecule has 0 spiro atoms. The first-order valence-electron chi connectivity index (χ1n) is 6.16. The van der Waals surface area contributed by atoms with E-state index in [0.29, 0.717) is 16.3 Å². The molecule has 0 heterocycles. The molecule has 0 aromatic heterocycles. The van der Waals surface area contributed by atoms with Crippen molar-refractivity contribution >= 4 is 28.9 Å². The molecule has 0 atom stereocenters. The molecule has 20 heavy (non-hydrogen) atoms. The van der Waals surface area contributed by atoms with Gasteiger partial charge in [-0.25, -0.2) is 0 Å². The molecule has 0 unspecified atom stereocenters. The first-order chi connectivity index (χ1) is 9.51. The maximum Gasteiger partial charge on any atom is 0.255 e. The van der Waals surface area contributed by atoms with Gasteiger partial charge in [0.25, 0.3) is 5.91 Å². The van der Waals surface area contributed by atoms with Gasteiger partial charge in [-0.1, -0.05) is 17.7 Å². The molecule has 0 radical (unpaired) electrons. The number of aryl methyl sites for hydroxylation is 2. The number of rotatable bonds is 3. The van der Waals surface area contributed by atoms with Crippen LogP contribution < -0.4 is 16.6 Å². The van der Waals surface area contributed by atoms with Gasteiger partial charge in [-0.05, 0) is 55.3 Å². The number of benzene rings is 2. The molecular weight excluding hydrogens is 274 g/mol. The summed E-state index contributed by atoms with van der Waals surface area (Å²) in [6.45, 7) is 3.77. The van der Waals surface area contributed by atoms with Crippen molar-refractivity contribution in [3.05, 3.63) is 58.1 Å². The first kappa shape index (κ1) is 14.4. The van der Waals surface area contributed by atoms with Crippen molar-refractivity contribution in [3.63, 3.8) is 0 Å². The van der Waals surface area contributed by atoms with Gasteiger partial charge in [-0.3, -0.25) is 10.6 Å². The number of halogens is 1. The van der Waals surface area contributed by atoms with Crippen molar-refractivity contribution in [1.82, 2.24) is 0 Å². The lowest BCUT2D eigenvalue weighted by atomic mass is 10.1. The second-order valence-corrected chi connectivity index (χ2v) is 5.00. The van der Waals surface area contributed by atoms with E-state index >= 15 is 0 Å². The summed E-state index contributed by atoms with van der Waals surface area (Å²) in [4.78, 5) is 12.2. The standard InChI is InChI=1S/C15H16ClN3O/c1-9-3-4-11(8-14(9)16)18-15(20)13-6-5-12(19-17)7-10(13)2/h3-8,19H,17H2,1-2H3,(H,18,20). The molecule has 104 valence electrons. The Hall–Kier alpha value is -2.04. The minimum atomic E-state index is -0.175. The summed E-state index contributed by atoms with van der Waals surface area (Å²) in [5, 5.41) is 3.46. The summed E-state index contributed by atoms with van der Waals surface area (Å²) in [7, 11) is 0. The minimum absolute atomic E-state index is 0.175. The largest absolute Gasteiger partial charge is 0.324 e. The van der Waals surface area contributed by atoms with Crippen LogP contribution in [0.2, 0.25) is 5.02 Å². The van der Waals surface area contributed by atoms with E-state index in [0.717, 1.165) is 16.8 Å². The third-order valence-corrected chi connectivity index (χ3v) is 3.47. The molecule has 0 bridgehead atoms. The Morgan fingerprint density at radius 3 is 2.35 bits per heavy atom. The van der Waals surface area contributed by atoms with Gasteiger partial charge in [-0.15, -0.1) is 0 Å². The number of hydrogen-bond donors (Lipinski definition) is 3. The van der Waals surface area contributed by atoms with E-state index in [-0.39, 0.29) is 5.91 Å². The fourth-order valence-corrected chi connectivity index (χ4v) is 2.06. The van der Waals surface area contributed by atoms with Gasteiger partial charge in [0.15, 0.2) is 0 Å². The number of carbonyl (C=O) groups excluding carboxylic acids is 1. The molecule has 2 rings (SSSR count). The fourth-order valence-electron chi connectivity index (χ4n) is 1.88.